The normalized spacial score (nSPS) is 25.4. The smallest absolute Gasteiger partial charge is 0.0758 e. The van der Waals surface area contributed by atoms with Crippen molar-refractivity contribution < 1.29 is 4.74 Å². The van der Waals surface area contributed by atoms with E-state index >= 15 is 0 Å². The van der Waals surface area contributed by atoms with Gasteiger partial charge in [-0.25, -0.2) is 0 Å². The molecule has 0 bridgehead atoms. The highest BCUT2D eigenvalue weighted by molar-refractivity contribution is 5.61. The van der Waals surface area contributed by atoms with Gasteiger partial charge < -0.3 is 15.4 Å². The molecule has 1 saturated heterocycles. The van der Waals surface area contributed by atoms with Gasteiger partial charge in [0, 0.05) is 24.5 Å². The van der Waals surface area contributed by atoms with Crippen molar-refractivity contribution in [2.24, 2.45) is 0 Å². The molecule has 2 N–H and O–H groups in total. The molecule has 1 fully saturated rings. The number of hydrogen-bond donors (Lipinski definition) is 1. The van der Waals surface area contributed by atoms with Crippen molar-refractivity contribution in [2.45, 2.75) is 51.2 Å². The Hall–Kier alpha value is -1.22. The molecule has 1 aromatic carbocycles. The molecule has 1 unspecified atom stereocenters. The van der Waals surface area contributed by atoms with Gasteiger partial charge in [0.1, 0.15) is 0 Å². The van der Waals surface area contributed by atoms with Crippen molar-refractivity contribution in [1.29, 1.82) is 0 Å². The number of hydrogen-bond acceptors (Lipinski definition) is 3. The molecule has 0 aromatic heterocycles. The van der Waals surface area contributed by atoms with Crippen LogP contribution in [0, 0.1) is 0 Å². The van der Waals surface area contributed by atoms with E-state index in [-0.39, 0.29) is 5.60 Å². The summed E-state index contributed by atoms with van der Waals surface area (Å²) in [5.74, 6) is 0. The van der Waals surface area contributed by atoms with Crippen LogP contribution < -0.4 is 10.6 Å². The number of rotatable bonds is 2. The Labute approximate surface area is 115 Å². The van der Waals surface area contributed by atoms with E-state index in [1.165, 1.54) is 30.5 Å². The largest absolute Gasteiger partial charge is 0.399 e. The topological polar surface area (TPSA) is 38.5 Å². The number of nitrogen functional groups attached to an aromatic ring is 1. The molecule has 1 aromatic rings. The second-order valence-electron chi connectivity index (χ2n) is 6.48. The molecule has 3 rings (SSSR count). The molecule has 0 saturated carbocycles. The summed E-state index contributed by atoms with van der Waals surface area (Å²) in [7, 11) is 0. The van der Waals surface area contributed by atoms with Crippen LogP contribution in [0.2, 0.25) is 0 Å². The average Bonchev–Trinajstić information content (AvgIpc) is 2.68. The molecule has 3 heteroatoms. The third-order valence-electron chi connectivity index (χ3n) is 4.30. The lowest BCUT2D eigenvalue weighted by atomic mass is 10.00. The third kappa shape index (κ3) is 2.71. The van der Waals surface area contributed by atoms with Gasteiger partial charge in [0.2, 0.25) is 0 Å². The van der Waals surface area contributed by atoms with Gasteiger partial charge in [-0.3, -0.25) is 0 Å². The van der Waals surface area contributed by atoms with E-state index in [1.54, 1.807) is 0 Å². The van der Waals surface area contributed by atoms with Crippen LogP contribution in [-0.4, -0.2) is 24.8 Å². The van der Waals surface area contributed by atoms with Crippen molar-refractivity contribution in [3.63, 3.8) is 0 Å². The van der Waals surface area contributed by atoms with E-state index in [9.17, 15) is 0 Å². The van der Waals surface area contributed by atoms with E-state index in [2.05, 4.69) is 30.9 Å². The Balaban J connectivity index is 1.74. The van der Waals surface area contributed by atoms with E-state index in [4.69, 9.17) is 10.5 Å². The molecule has 0 aliphatic carbocycles. The summed E-state index contributed by atoms with van der Waals surface area (Å²) in [6, 6.07) is 6.31. The highest BCUT2D eigenvalue weighted by Crippen LogP contribution is 2.33. The molecule has 2 aliphatic rings. The number of aryl methyl sites for hydroxylation is 1. The molecule has 19 heavy (non-hydrogen) atoms. The van der Waals surface area contributed by atoms with E-state index < -0.39 is 0 Å². The lowest BCUT2D eigenvalue weighted by Crippen LogP contribution is -2.37. The second kappa shape index (κ2) is 4.71. The van der Waals surface area contributed by atoms with E-state index in [0.29, 0.717) is 6.10 Å². The van der Waals surface area contributed by atoms with Crippen LogP contribution in [0.1, 0.15) is 38.7 Å². The lowest BCUT2D eigenvalue weighted by Gasteiger charge is -2.33. The number of nitrogens with zero attached hydrogens (tertiary/aromatic N) is 1. The Kier molecular flexibility index (Phi) is 3.17. The Morgan fingerprint density at radius 3 is 3.00 bits per heavy atom. The van der Waals surface area contributed by atoms with Gasteiger partial charge in [-0.05, 0) is 63.3 Å². The SMILES string of the molecule is CC1(C)CCC(CN2CCCc3cc(N)ccc32)O1. The summed E-state index contributed by atoms with van der Waals surface area (Å²) in [5, 5.41) is 0. The Morgan fingerprint density at radius 2 is 2.26 bits per heavy atom. The molecular formula is C16H24N2O. The van der Waals surface area contributed by atoms with Crippen molar-refractivity contribution in [3.05, 3.63) is 23.8 Å². The zero-order valence-corrected chi connectivity index (χ0v) is 12.0. The molecule has 104 valence electrons. The van der Waals surface area contributed by atoms with E-state index in [1.807, 2.05) is 6.07 Å². The molecule has 0 radical (unpaired) electrons. The number of nitrogens with two attached hydrogens (primary N) is 1. The summed E-state index contributed by atoms with van der Waals surface area (Å²) < 4.78 is 6.12. The van der Waals surface area contributed by atoms with Crippen molar-refractivity contribution >= 4 is 11.4 Å². The highest BCUT2D eigenvalue weighted by atomic mass is 16.5. The predicted molar refractivity (Wildman–Crippen MR) is 79.6 cm³/mol. The fourth-order valence-corrected chi connectivity index (χ4v) is 3.34. The Bertz CT molecular complexity index is 470. The molecule has 2 heterocycles. The van der Waals surface area contributed by atoms with Crippen LogP contribution >= 0.6 is 0 Å². The maximum atomic E-state index is 6.12. The second-order valence-corrected chi connectivity index (χ2v) is 6.48. The minimum absolute atomic E-state index is 0.0599. The van der Waals surface area contributed by atoms with Crippen molar-refractivity contribution in [3.8, 4) is 0 Å². The van der Waals surface area contributed by atoms with Crippen LogP contribution in [-0.2, 0) is 11.2 Å². The summed E-state index contributed by atoms with van der Waals surface area (Å²) in [6.07, 6.45) is 5.08. The minimum Gasteiger partial charge on any atom is -0.399 e. The van der Waals surface area contributed by atoms with Gasteiger partial charge in [0.05, 0.1) is 11.7 Å². The van der Waals surface area contributed by atoms with Crippen LogP contribution in [0.15, 0.2) is 18.2 Å². The van der Waals surface area contributed by atoms with Gasteiger partial charge in [-0.15, -0.1) is 0 Å². The monoisotopic (exact) mass is 260 g/mol. The van der Waals surface area contributed by atoms with E-state index in [0.717, 1.165) is 25.2 Å². The maximum Gasteiger partial charge on any atom is 0.0758 e. The summed E-state index contributed by atoms with van der Waals surface area (Å²) in [6.45, 7) is 6.53. The minimum atomic E-state index is 0.0599. The molecule has 2 aliphatic heterocycles. The maximum absolute atomic E-state index is 6.12. The first-order valence-corrected chi connectivity index (χ1v) is 7.35. The van der Waals surface area contributed by atoms with Crippen LogP contribution in [0.25, 0.3) is 0 Å². The molecule has 1 atom stereocenters. The number of benzene rings is 1. The summed E-state index contributed by atoms with van der Waals surface area (Å²) >= 11 is 0. The van der Waals surface area contributed by atoms with Gasteiger partial charge in [0.15, 0.2) is 0 Å². The zero-order chi connectivity index (χ0) is 13.5. The van der Waals surface area contributed by atoms with Crippen LogP contribution in [0.3, 0.4) is 0 Å². The standard InChI is InChI=1S/C16H24N2O/c1-16(2)8-7-14(19-16)11-18-9-3-4-12-10-13(17)5-6-15(12)18/h5-6,10,14H,3-4,7-9,11,17H2,1-2H3. The summed E-state index contributed by atoms with van der Waals surface area (Å²) in [5.41, 5.74) is 9.56. The molecule has 3 nitrogen and oxygen atoms in total. The van der Waals surface area contributed by atoms with Crippen molar-refractivity contribution in [1.82, 2.24) is 0 Å². The average molecular weight is 260 g/mol. The van der Waals surface area contributed by atoms with Gasteiger partial charge >= 0.3 is 0 Å². The third-order valence-corrected chi connectivity index (χ3v) is 4.30. The predicted octanol–water partition coefficient (Wildman–Crippen LogP) is 2.98. The fourth-order valence-electron chi connectivity index (χ4n) is 3.34. The number of ether oxygens (including phenoxy) is 1. The van der Waals surface area contributed by atoms with Gasteiger partial charge in [-0.2, -0.15) is 0 Å². The first-order chi connectivity index (χ1) is 9.03. The van der Waals surface area contributed by atoms with Gasteiger partial charge in [0.25, 0.3) is 0 Å². The molecular weight excluding hydrogens is 236 g/mol. The van der Waals surface area contributed by atoms with Crippen LogP contribution in [0.5, 0.6) is 0 Å². The Morgan fingerprint density at radius 1 is 1.42 bits per heavy atom. The summed E-state index contributed by atoms with van der Waals surface area (Å²) in [4.78, 5) is 2.48. The highest BCUT2D eigenvalue weighted by Gasteiger charge is 2.33. The number of anilines is 2. The zero-order valence-electron chi connectivity index (χ0n) is 12.0. The lowest BCUT2D eigenvalue weighted by molar-refractivity contribution is -0.0116. The first kappa shape index (κ1) is 12.8. The van der Waals surface area contributed by atoms with Gasteiger partial charge in [-0.1, -0.05) is 0 Å². The quantitative estimate of drug-likeness (QED) is 0.831. The first-order valence-electron chi connectivity index (χ1n) is 7.35. The number of fused-ring (bicyclic) bond motifs is 1. The van der Waals surface area contributed by atoms with Crippen LogP contribution in [0.4, 0.5) is 11.4 Å². The molecule has 0 spiro atoms. The van der Waals surface area contributed by atoms with Crippen molar-refractivity contribution in [2.75, 3.05) is 23.7 Å². The molecule has 0 amide bonds. The fraction of sp³-hybridized carbons (Fsp3) is 0.625.